The van der Waals surface area contributed by atoms with Gasteiger partial charge in [-0.3, -0.25) is 0 Å². The molecule has 2 aromatic rings. The maximum atomic E-state index is 3.60. The predicted octanol–water partition coefficient (Wildman–Crippen LogP) is 3.31. The molecule has 2 rings (SSSR count). The summed E-state index contributed by atoms with van der Waals surface area (Å²) in [6.07, 6.45) is 1.09. The molecule has 1 unspecified atom stereocenters. The molecule has 0 radical (unpaired) electrons. The molecule has 108 valence electrons. The molecule has 0 aliphatic rings. The summed E-state index contributed by atoms with van der Waals surface area (Å²) >= 11 is 0. The second-order valence-corrected chi connectivity index (χ2v) is 5.64. The molecule has 1 N–H and O–H groups in total. The van der Waals surface area contributed by atoms with Crippen molar-refractivity contribution in [2.75, 3.05) is 26.7 Å². The van der Waals surface area contributed by atoms with Gasteiger partial charge < -0.3 is 10.2 Å². The number of hydrogen-bond donors (Lipinski definition) is 1. The van der Waals surface area contributed by atoms with Crippen LogP contribution in [0.1, 0.15) is 19.4 Å². The third-order valence-corrected chi connectivity index (χ3v) is 3.85. The van der Waals surface area contributed by atoms with Crippen molar-refractivity contribution in [3.05, 3.63) is 48.0 Å². The van der Waals surface area contributed by atoms with E-state index in [2.05, 4.69) is 73.6 Å². The molecule has 0 aliphatic heterocycles. The lowest BCUT2D eigenvalue weighted by atomic mass is 10.1. The molecule has 0 aromatic heterocycles. The fourth-order valence-corrected chi connectivity index (χ4v) is 2.52. The Morgan fingerprint density at radius 1 is 1.10 bits per heavy atom. The van der Waals surface area contributed by atoms with Crippen molar-refractivity contribution in [2.24, 2.45) is 0 Å². The lowest BCUT2D eigenvalue weighted by Crippen LogP contribution is -2.38. The third kappa shape index (κ3) is 4.32. The van der Waals surface area contributed by atoms with Crippen LogP contribution < -0.4 is 5.32 Å². The maximum Gasteiger partial charge on any atom is 0.0166 e. The highest BCUT2D eigenvalue weighted by atomic mass is 15.1. The van der Waals surface area contributed by atoms with Crippen LogP contribution in [0.3, 0.4) is 0 Å². The Morgan fingerprint density at radius 3 is 2.60 bits per heavy atom. The van der Waals surface area contributed by atoms with E-state index in [1.807, 2.05) is 0 Å². The minimum atomic E-state index is 0.542. The van der Waals surface area contributed by atoms with Gasteiger partial charge in [0.25, 0.3) is 0 Å². The summed E-state index contributed by atoms with van der Waals surface area (Å²) < 4.78 is 0. The van der Waals surface area contributed by atoms with Gasteiger partial charge in [-0.05, 0) is 49.8 Å². The Balaban J connectivity index is 1.83. The summed E-state index contributed by atoms with van der Waals surface area (Å²) in [4.78, 5) is 2.34. The molecule has 0 saturated carbocycles. The number of fused-ring (bicyclic) bond motifs is 1. The van der Waals surface area contributed by atoms with Crippen molar-refractivity contribution in [2.45, 2.75) is 26.3 Å². The standard InChI is InChI=1S/C18H26N2/c1-4-20(3)14-15(2)19-12-11-16-9-10-17-7-5-6-8-18(17)13-16/h5-10,13,15,19H,4,11-12,14H2,1-3H3. The number of benzene rings is 2. The minimum Gasteiger partial charge on any atom is -0.313 e. The predicted molar refractivity (Wildman–Crippen MR) is 88.3 cm³/mol. The summed E-state index contributed by atoms with van der Waals surface area (Å²) in [5, 5.41) is 6.26. The number of nitrogens with zero attached hydrogens (tertiary/aromatic N) is 1. The third-order valence-electron chi connectivity index (χ3n) is 3.85. The molecule has 0 aliphatic carbocycles. The van der Waals surface area contributed by atoms with Crippen molar-refractivity contribution in [1.29, 1.82) is 0 Å². The number of nitrogens with one attached hydrogen (secondary N) is 1. The molecule has 0 heterocycles. The smallest absolute Gasteiger partial charge is 0.0166 e. The zero-order valence-corrected chi connectivity index (χ0v) is 12.9. The van der Waals surface area contributed by atoms with Crippen LogP contribution in [0.5, 0.6) is 0 Å². The van der Waals surface area contributed by atoms with E-state index in [4.69, 9.17) is 0 Å². The first-order chi connectivity index (χ1) is 9.69. The van der Waals surface area contributed by atoms with Crippen molar-refractivity contribution in [3.8, 4) is 0 Å². The van der Waals surface area contributed by atoms with E-state index >= 15 is 0 Å². The number of hydrogen-bond acceptors (Lipinski definition) is 2. The van der Waals surface area contributed by atoms with Gasteiger partial charge in [-0.2, -0.15) is 0 Å². The Morgan fingerprint density at radius 2 is 1.85 bits per heavy atom. The van der Waals surface area contributed by atoms with Gasteiger partial charge in [-0.15, -0.1) is 0 Å². The normalized spacial score (nSPS) is 13.0. The van der Waals surface area contributed by atoms with Gasteiger partial charge >= 0.3 is 0 Å². The fourth-order valence-electron chi connectivity index (χ4n) is 2.52. The Hall–Kier alpha value is -1.38. The molecule has 0 fully saturated rings. The van der Waals surface area contributed by atoms with Gasteiger partial charge in [0.15, 0.2) is 0 Å². The van der Waals surface area contributed by atoms with Gasteiger partial charge in [-0.1, -0.05) is 49.4 Å². The SMILES string of the molecule is CCN(C)CC(C)NCCc1ccc2ccccc2c1. The van der Waals surface area contributed by atoms with Gasteiger partial charge in [0.2, 0.25) is 0 Å². The number of likely N-dealkylation sites (N-methyl/N-ethyl adjacent to an activating group) is 1. The fraction of sp³-hybridized carbons (Fsp3) is 0.444. The van der Waals surface area contributed by atoms with E-state index in [1.54, 1.807) is 0 Å². The van der Waals surface area contributed by atoms with E-state index in [1.165, 1.54) is 16.3 Å². The van der Waals surface area contributed by atoms with Crippen LogP contribution in [0.4, 0.5) is 0 Å². The Bertz CT molecular complexity index is 536. The summed E-state index contributed by atoms with van der Waals surface area (Å²) in [6, 6.07) is 15.9. The molecule has 2 nitrogen and oxygen atoms in total. The van der Waals surface area contributed by atoms with Crippen LogP contribution in [0.2, 0.25) is 0 Å². The van der Waals surface area contributed by atoms with Gasteiger partial charge in [0.1, 0.15) is 0 Å². The summed E-state index contributed by atoms with van der Waals surface area (Å²) in [7, 11) is 2.17. The van der Waals surface area contributed by atoms with Crippen LogP contribution >= 0.6 is 0 Å². The highest BCUT2D eigenvalue weighted by molar-refractivity contribution is 5.82. The van der Waals surface area contributed by atoms with E-state index in [0.717, 1.165) is 26.1 Å². The molecule has 0 saturated heterocycles. The van der Waals surface area contributed by atoms with Crippen molar-refractivity contribution in [3.63, 3.8) is 0 Å². The molecule has 20 heavy (non-hydrogen) atoms. The highest BCUT2D eigenvalue weighted by Gasteiger charge is 2.04. The second kappa shape index (κ2) is 7.41. The molecule has 0 spiro atoms. The Labute approximate surface area is 122 Å². The molecule has 1 atom stereocenters. The first kappa shape index (κ1) is 15.0. The van der Waals surface area contributed by atoms with Crippen LogP contribution in [-0.4, -0.2) is 37.6 Å². The average molecular weight is 270 g/mol. The molecule has 0 bridgehead atoms. The van der Waals surface area contributed by atoms with Crippen molar-refractivity contribution < 1.29 is 0 Å². The average Bonchev–Trinajstić information content (AvgIpc) is 2.47. The first-order valence-corrected chi connectivity index (χ1v) is 7.58. The quantitative estimate of drug-likeness (QED) is 0.830. The summed E-state index contributed by atoms with van der Waals surface area (Å²) in [6.45, 7) is 7.70. The summed E-state index contributed by atoms with van der Waals surface area (Å²) in [5.74, 6) is 0. The van der Waals surface area contributed by atoms with E-state index < -0.39 is 0 Å². The number of rotatable bonds is 7. The van der Waals surface area contributed by atoms with Gasteiger partial charge in [0.05, 0.1) is 0 Å². The zero-order chi connectivity index (χ0) is 14.4. The van der Waals surface area contributed by atoms with Gasteiger partial charge in [0, 0.05) is 12.6 Å². The summed E-state index contributed by atoms with van der Waals surface area (Å²) in [5.41, 5.74) is 1.41. The van der Waals surface area contributed by atoms with E-state index in [9.17, 15) is 0 Å². The highest BCUT2D eigenvalue weighted by Crippen LogP contribution is 2.15. The molecular formula is C18H26N2. The lowest BCUT2D eigenvalue weighted by Gasteiger charge is -2.20. The monoisotopic (exact) mass is 270 g/mol. The molecule has 0 amide bonds. The first-order valence-electron chi connectivity index (χ1n) is 7.58. The maximum absolute atomic E-state index is 3.60. The molecular weight excluding hydrogens is 244 g/mol. The largest absolute Gasteiger partial charge is 0.313 e. The minimum absolute atomic E-state index is 0.542. The van der Waals surface area contributed by atoms with E-state index in [-0.39, 0.29) is 0 Å². The van der Waals surface area contributed by atoms with E-state index in [0.29, 0.717) is 6.04 Å². The molecule has 2 heteroatoms. The van der Waals surface area contributed by atoms with Crippen molar-refractivity contribution in [1.82, 2.24) is 10.2 Å². The van der Waals surface area contributed by atoms with Crippen LogP contribution in [-0.2, 0) is 6.42 Å². The Kier molecular flexibility index (Phi) is 5.57. The van der Waals surface area contributed by atoms with Crippen molar-refractivity contribution >= 4 is 10.8 Å². The topological polar surface area (TPSA) is 15.3 Å². The molecule has 2 aromatic carbocycles. The zero-order valence-electron chi connectivity index (χ0n) is 12.9. The van der Waals surface area contributed by atoms with Crippen LogP contribution in [0.25, 0.3) is 10.8 Å². The van der Waals surface area contributed by atoms with Gasteiger partial charge in [-0.25, -0.2) is 0 Å². The van der Waals surface area contributed by atoms with Crippen LogP contribution in [0, 0.1) is 0 Å². The lowest BCUT2D eigenvalue weighted by molar-refractivity contribution is 0.311. The second-order valence-electron chi connectivity index (χ2n) is 5.64. The van der Waals surface area contributed by atoms with Crippen LogP contribution in [0.15, 0.2) is 42.5 Å².